The second-order valence-corrected chi connectivity index (χ2v) is 5.00. The van der Waals surface area contributed by atoms with Gasteiger partial charge in [-0.1, -0.05) is 24.3 Å². The smallest absolute Gasteiger partial charge is 0.0355 e. The van der Waals surface area contributed by atoms with Crippen LogP contribution in [0, 0.1) is 5.92 Å². The zero-order valence-electron chi connectivity index (χ0n) is 9.71. The first kappa shape index (κ1) is 10.3. The molecule has 3 rings (SSSR count). The summed E-state index contributed by atoms with van der Waals surface area (Å²) >= 11 is 0. The Kier molecular flexibility index (Phi) is 2.94. The van der Waals surface area contributed by atoms with Crippen molar-refractivity contribution in [1.82, 2.24) is 10.6 Å². The number of rotatable bonds is 1. The van der Waals surface area contributed by atoms with E-state index in [1.807, 2.05) is 0 Å². The molecule has 86 valence electrons. The Labute approximate surface area is 97.4 Å². The van der Waals surface area contributed by atoms with Crippen molar-refractivity contribution < 1.29 is 0 Å². The number of fused-ring (bicyclic) bond motifs is 1. The van der Waals surface area contributed by atoms with Crippen molar-refractivity contribution in [1.29, 1.82) is 0 Å². The number of nitrogens with one attached hydrogen (secondary N) is 2. The van der Waals surface area contributed by atoms with E-state index in [9.17, 15) is 0 Å². The normalized spacial score (nSPS) is 29.8. The molecule has 0 radical (unpaired) electrons. The predicted octanol–water partition coefficient (Wildman–Crippen LogP) is 2.22. The van der Waals surface area contributed by atoms with Crippen LogP contribution >= 0.6 is 0 Å². The Balaban J connectivity index is 1.80. The molecule has 1 fully saturated rings. The van der Waals surface area contributed by atoms with Gasteiger partial charge in [0.15, 0.2) is 0 Å². The van der Waals surface area contributed by atoms with Crippen molar-refractivity contribution in [3.8, 4) is 0 Å². The summed E-state index contributed by atoms with van der Waals surface area (Å²) in [5.41, 5.74) is 3.05. The van der Waals surface area contributed by atoms with Crippen LogP contribution < -0.4 is 10.6 Å². The summed E-state index contributed by atoms with van der Waals surface area (Å²) in [6.07, 6.45) is 4.00. The van der Waals surface area contributed by atoms with Gasteiger partial charge in [0, 0.05) is 12.6 Å². The third-order valence-corrected chi connectivity index (χ3v) is 3.99. The van der Waals surface area contributed by atoms with Gasteiger partial charge in [0.05, 0.1) is 0 Å². The van der Waals surface area contributed by atoms with Gasteiger partial charge in [-0.05, 0) is 49.4 Å². The molecule has 2 aliphatic heterocycles. The molecule has 1 saturated heterocycles. The fourth-order valence-corrected chi connectivity index (χ4v) is 3.13. The van der Waals surface area contributed by atoms with Crippen LogP contribution in [0.1, 0.15) is 36.4 Å². The lowest BCUT2D eigenvalue weighted by atomic mass is 9.88. The molecular weight excluding hydrogens is 196 g/mol. The summed E-state index contributed by atoms with van der Waals surface area (Å²) in [6, 6.07) is 9.50. The van der Waals surface area contributed by atoms with Crippen molar-refractivity contribution in [2.24, 2.45) is 5.92 Å². The Bertz CT molecular complexity index is 354. The van der Waals surface area contributed by atoms with Crippen LogP contribution in [0.15, 0.2) is 24.3 Å². The number of hydrogen-bond acceptors (Lipinski definition) is 2. The van der Waals surface area contributed by atoms with Crippen molar-refractivity contribution in [2.75, 3.05) is 13.1 Å². The fourth-order valence-electron chi connectivity index (χ4n) is 3.13. The molecule has 2 nitrogen and oxygen atoms in total. The summed E-state index contributed by atoms with van der Waals surface area (Å²) in [6.45, 7) is 3.45. The van der Waals surface area contributed by atoms with E-state index in [2.05, 4.69) is 34.9 Å². The highest BCUT2D eigenvalue weighted by atomic mass is 15.0. The van der Waals surface area contributed by atoms with Crippen LogP contribution in [0.4, 0.5) is 0 Å². The van der Waals surface area contributed by atoms with E-state index >= 15 is 0 Å². The molecule has 0 aliphatic carbocycles. The fraction of sp³-hybridized carbons (Fsp3) is 0.571. The van der Waals surface area contributed by atoms with E-state index < -0.39 is 0 Å². The number of hydrogen-bond donors (Lipinski definition) is 2. The van der Waals surface area contributed by atoms with E-state index in [0.717, 1.165) is 12.5 Å². The molecule has 2 unspecified atom stereocenters. The Morgan fingerprint density at radius 2 is 2.00 bits per heavy atom. The number of benzene rings is 1. The minimum absolute atomic E-state index is 0.607. The van der Waals surface area contributed by atoms with Gasteiger partial charge < -0.3 is 10.6 Å². The maximum absolute atomic E-state index is 3.69. The molecule has 0 spiro atoms. The first-order chi connectivity index (χ1) is 7.95. The highest BCUT2D eigenvalue weighted by Crippen LogP contribution is 2.35. The third-order valence-electron chi connectivity index (χ3n) is 3.99. The van der Waals surface area contributed by atoms with Crippen LogP contribution in [-0.4, -0.2) is 13.1 Å². The molecule has 1 aromatic carbocycles. The quantitative estimate of drug-likeness (QED) is 0.752. The average molecular weight is 216 g/mol. The van der Waals surface area contributed by atoms with Crippen molar-refractivity contribution >= 4 is 0 Å². The Morgan fingerprint density at radius 1 is 1.06 bits per heavy atom. The van der Waals surface area contributed by atoms with E-state index in [1.165, 1.54) is 37.9 Å². The maximum atomic E-state index is 3.69. The molecule has 0 saturated carbocycles. The predicted molar refractivity (Wildman–Crippen MR) is 66.2 cm³/mol. The van der Waals surface area contributed by atoms with Crippen molar-refractivity contribution in [3.63, 3.8) is 0 Å². The van der Waals surface area contributed by atoms with Gasteiger partial charge in [-0.2, -0.15) is 0 Å². The topological polar surface area (TPSA) is 24.1 Å². The van der Waals surface area contributed by atoms with Crippen LogP contribution in [0.2, 0.25) is 0 Å². The van der Waals surface area contributed by atoms with E-state index in [4.69, 9.17) is 0 Å². The average Bonchev–Trinajstić information content (AvgIpc) is 2.57. The Hall–Kier alpha value is -0.860. The summed E-state index contributed by atoms with van der Waals surface area (Å²) in [5, 5.41) is 7.19. The first-order valence-corrected chi connectivity index (χ1v) is 6.47. The Morgan fingerprint density at radius 3 is 3.00 bits per heavy atom. The van der Waals surface area contributed by atoms with Crippen LogP contribution in [0.25, 0.3) is 0 Å². The molecule has 0 bridgehead atoms. The molecule has 2 heterocycles. The summed E-state index contributed by atoms with van der Waals surface area (Å²) in [5.74, 6) is 0.818. The molecule has 2 heteroatoms. The molecule has 16 heavy (non-hydrogen) atoms. The van der Waals surface area contributed by atoms with Gasteiger partial charge in [-0.3, -0.25) is 0 Å². The summed E-state index contributed by atoms with van der Waals surface area (Å²) in [4.78, 5) is 0. The lowest BCUT2D eigenvalue weighted by Gasteiger charge is -2.22. The molecule has 2 aliphatic rings. The molecule has 2 N–H and O–H groups in total. The van der Waals surface area contributed by atoms with Gasteiger partial charge in [0.2, 0.25) is 0 Å². The highest BCUT2D eigenvalue weighted by Gasteiger charge is 2.29. The molecule has 0 aromatic heterocycles. The molecule has 1 aromatic rings. The molecule has 2 atom stereocenters. The zero-order valence-corrected chi connectivity index (χ0v) is 9.71. The van der Waals surface area contributed by atoms with Crippen molar-refractivity contribution in [2.45, 2.75) is 31.8 Å². The summed E-state index contributed by atoms with van der Waals surface area (Å²) < 4.78 is 0. The molecular formula is C14H20N2. The van der Waals surface area contributed by atoms with E-state index in [1.54, 1.807) is 5.56 Å². The SMILES string of the molecule is c1ccc2c(c1)CNC2C1CCCNCC1. The largest absolute Gasteiger partial charge is 0.317 e. The highest BCUT2D eigenvalue weighted by molar-refractivity contribution is 5.34. The second-order valence-electron chi connectivity index (χ2n) is 5.00. The lowest BCUT2D eigenvalue weighted by Crippen LogP contribution is -2.23. The van der Waals surface area contributed by atoms with Gasteiger partial charge in [0.25, 0.3) is 0 Å². The van der Waals surface area contributed by atoms with Crippen LogP contribution in [0.5, 0.6) is 0 Å². The van der Waals surface area contributed by atoms with Crippen molar-refractivity contribution in [3.05, 3.63) is 35.4 Å². The van der Waals surface area contributed by atoms with Crippen LogP contribution in [-0.2, 0) is 6.54 Å². The minimum atomic E-state index is 0.607. The standard InChI is InChI=1S/C14H20N2/c1-2-6-13-12(4-1)10-16-14(13)11-5-3-8-15-9-7-11/h1-2,4,6,11,14-16H,3,5,7-10H2. The second kappa shape index (κ2) is 4.56. The van der Waals surface area contributed by atoms with E-state index in [-0.39, 0.29) is 0 Å². The van der Waals surface area contributed by atoms with Gasteiger partial charge in [0.1, 0.15) is 0 Å². The summed E-state index contributed by atoms with van der Waals surface area (Å²) in [7, 11) is 0. The van der Waals surface area contributed by atoms with Gasteiger partial charge >= 0.3 is 0 Å². The molecule has 0 amide bonds. The lowest BCUT2D eigenvalue weighted by molar-refractivity contribution is 0.349. The monoisotopic (exact) mass is 216 g/mol. The van der Waals surface area contributed by atoms with Crippen LogP contribution in [0.3, 0.4) is 0 Å². The van der Waals surface area contributed by atoms with E-state index in [0.29, 0.717) is 6.04 Å². The van der Waals surface area contributed by atoms with Gasteiger partial charge in [-0.25, -0.2) is 0 Å². The zero-order chi connectivity index (χ0) is 10.8. The third kappa shape index (κ3) is 1.87. The van der Waals surface area contributed by atoms with Gasteiger partial charge in [-0.15, -0.1) is 0 Å². The minimum Gasteiger partial charge on any atom is -0.317 e. The maximum Gasteiger partial charge on any atom is 0.0355 e. The first-order valence-electron chi connectivity index (χ1n) is 6.47.